The monoisotopic (exact) mass is 953 g/mol. The van der Waals surface area contributed by atoms with Gasteiger partial charge in [0.15, 0.2) is 5.92 Å². The van der Waals surface area contributed by atoms with Gasteiger partial charge in [0.1, 0.15) is 36.0 Å². The molecular formula is C42H51N9O17. The van der Waals surface area contributed by atoms with Crippen molar-refractivity contribution < 1.29 is 83.4 Å². The van der Waals surface area contributed by atoms with E-state index in [4.69, 9.17) is 10.9 Å². The van der Waals surface area contributed by atoms with Gasteiger partial charge in [0.05, 0.1) is 5.56 Å². The molecule has 2 aromatic carbocycles. The highest BCUT2D eigenvalue weighted by Gasteiger charge is 2.36. The van der Waals surface area contributed by atoms with Crippen molar-refractivity contribution in [2.45, 2.75) is 88.0 Å². The molecule has 0 spiro atoms. The lowest BCUT2D eigenvalue weighted by molar-refractivity contribution is -0.156. The maximum absolute atomic E-state index is 14.1. The van der Waals surface area contributed by atoms with E-state index in [0.717, 1.165) is 17.0 Å². The van der Waals surface area contributed by atoms with Crippen LogP contribution in [0, 0.1) is 5.92 Å². The van der Waals surface area contributed by atoms with E-state index in [1.165, 1.54) is 12.1 Å². The number of unbranched alkanes of at least 4 members (excludes halogenated alkanes) is 1. The molecule has 0 fully saturated rings. The normalized spacial score (nSPS) is 13.0. The minimum Gasteiger partial charge on any atom is -0.481 e. The predicted molar refractivity (Wildman–Crippen MR) is 233 cm³/mol. The smallest absolute Gasteiger partial charge is 0.326 e. The number of fused-ring (bicyclic) bond motifs is 1. The number of nitrogen functional groups attached to an aromatic ring is 1. The molecule has 0 radical (unpaired) electrons. The van der Waals surface area contributed by atoms with Gasteiger partial charge in [-0.2, -0.15) is 0 Å². The van der Waals surface area contributed by atoms with Crippen molar-refractivity contribution in [3.05, 3.63) is 71.9 Å². The first kappa shape index (κ1) is 53.9. The molecule has 3 aromatic rings. The molecule has 0 aliphatic rings. The van der Waals surface area contributed by atoms with Crippen LogP contribution in [0.15, 0.2) is 60.8 Å². The molecule has 15 N–H and O–H groups in total. The number of carbonyl (C=O) groups is 11. The number of hydrazine groups is 1. The number of amides is 6. The highest BCUT2D eigenvalue weighted by Crippen LogP contribution is 2.18. The number of aliphatic carboxylic acids is 6. The van der Waals surface area contributed by atoms with Gasteiger partial charge < -0.3 is 68.0 Å². The Morgan fingerprint density at radius 1 is 0.559 bits per heavy atom. The van der Waals surface area contributed by atoms with Gasteiger partial charge in [-0.15, -0.1) is 0 Å². The molecule has 6 amide bonds. The molecule has 0 saturated carbocycles. The third-order valence-electron chi connectivity index (χ3n) is 10.1. The van der Waals surface area contributed by atoms with Gasteiger partial charge in [0.25, 0.3) is 5.91 Å². The molecule has 366 valence electrons. The molecule has 0 saturated heterocycles. The summed E-state index contributed by atoms with van der Waals surface area (Å²) in [6.45, 7) is -0.149. The number of nitrogens with one attached hydrogen (secondary N) is 7. The van der Waals surface area contributed by atoms with E-state index in [0.29, 0.717) is 5.56 Å². The van der Waals surface area contributed by atoms with Crippen molar-refractivity contribution in [3.63, 3.8) is 0 Å². The number of benzene rings is 2. The standard InChI is InChI=1S/C42H51N9O17/c43-51-31-13-10-24(20-45-31)34(56)46-26(11-14-32(52)53)36(58)48-30(19-25(38(60)61)39(62)63)37(59)47-29(18-21-8-9-22-5-1-2-6-23(22)17-21)35(57)44-16-4-3-7-27(40(64)65)49-42(68)50-28(41(66)67)12-15-33(54)55/h1-2,5-6,8-10,13,17,20,25-30H,3-4,7,11-12,14-16,18-19,43H2,(H,44,57)(H,45,51)(H,46,56)(H,47,59)(H,48,58)(H,52,53)(H,54,55)(H,60,61)(H,62,63)(H,64,65)(H,66,67)(H2,49,50,68). The molecule has 0 aliphatic carbocycles. The quantitative estimate of drug-likeness (QED) is 0.0176. The lowest BCUT2D eigenvalue weighted by atomic mass is 9.97. The Morgan fingerprint density at radius 3 is 1.69 bits per heavy atom. The van der Waals surface area contributed by atoms with Gasteiger partial charge >= 0.3 is 41.8 Å². The average molecular weight is 954 g/mol. The van der Waals surface area contributed by atoms with Crippen LogP contribution in [0.25, 0.3) is 10.8 Å². The van der Waals surface area contributed by atoms with E-state index >= 15 is 0 Å². The molecule has 26 nitrogen and oxygen atoms in total. The zero-order valence-corrected chi connectivity index (χ0v) is 36.0. The van der Waals surface area contributed by atoms with E-state index in [9.17, 15) is 78.3 Å². The summed E-state index contributed by atoms with van der Waals surface area (Å²) in [4.78, 5) is 141. The van der Waals surface area contributed by atoms with Crippen molar-refractivity contribution in [1.82, 2.24) is 36.9 Å². The van der Waals surface area contributed by atoms with Crippen LogP contribution >= 0.6 is 0 Å². The highest BCUT2D eigenvalue weighted by atomic mass is 16.4. The number of aromatic nitrogens is 1. The molecule has 0 aliphatic heterocycles. The Balaban J connectivity index is 1.84. The highest BCUT2D eigenvalue weighted by molar-refractivity contribution is 6.00. The Bertz CT molecular complexity index is 2330. The molecule has 3 rings (SSSR count). The molecule has 5 atom stereocenters. The summed E-state index contributed by atoms with van der Waals surface area (Å²) in [5.41, 5.74) is 2.65. The van der Waals surface area contributed by atoms with Gasteiger partial charge in [-0.25, -0.2) is 25.2 Å². The fourth-order valence-corrected chi connectivity index (χ4v) is 6.47. The Morgan fingerprint density at radius 2 is 1.13 bits per heavy atom. The first-order chi connectivity index (χ1) is 32.2. The van der Waals surface area contributed by atoms with Crippen LogP contribution in [0.1, 0.15) is 67.3 Å². The molecule has 68 heavy (non-hydrogen) atoms. The van der Waals surface area contributed by atoms with Crippen molar-refractivity contribution >= 4 is 82.1 Å². The molecule has 1 aromatic heterocycles. The van der Waals surface area contributed by atoms with Crippen molar-refractivity contribution in [1.29, 1.82) is 0 Å². The fraction of sp³-hybridized carbons (Fsp3) is 0.381. The number of carboxylic acid groups (broad SMARTS) is 6. The minimum atomic E-state index is -2.29. The summed E-state index contributed by atoms with van der Waals surface area (Å²) in [6.07, 6.45) is -2.62. The fourth-order valence-electron chi connectivity index (χ4n) is 6.47. The summed E-state index contributed by atoms with van der Waals surface area (Å²) in [7, 11) is 0. The van der Waals surface area contributed by atoms with Crippen molar-refractivity contribution in [3.8, 4) is 0 Å². The second kappa shape index (κ2) is 26.5. The van der Waals surface area contributed by atoms with E-state index < -0.39 is 134 Å². The number of carbonyl (C=O) groups excluding carboxylic acids is 5. The van der Waals surface area contributed by atoms with Crippen LogP contribution in [0.4, 0.5) is 10.6 Å². The first-order valence-corrected chi connectivity index (χ1v) is 20.7. The van der Waals surface area contributed by atoms with Crippen LogP contribution < -0.4 is 43.2 Å². The van der Waals surface area contributed by atoms with Gasteiger partial charge in [-0.05, 0) is 60.6 Å². The number of nitrogens with zero attached hydrogens (tertiary/aromatic N) is 1. The van der Waals surface area contributed by atoms with Crippen molar-refractivity contribution in [2.75, 3.05) is 12.0 Å². The van der Waals surface area contributed by atoms with E-state index in [1.54, 1.807) is 36.4 Å². The van der Waals surface area contributed by atoms with Crippen LogP contribution in [-0.4, -0.2) is 138 Å². The summed E-state index contributed by atoms with van der Waals surface area (Å²) in [6, 6.07) is 5.30. The van der Waals surface area contributed by atoms with Crippen LogP contribution in [0.3, 0.4) is 0 Å². The van der Waals surface area contributed by atoms with E-state index in [2.05, 4.69) is 37.0 Å². The molecular weight excluding hydrogens is 903 g/mol. The Kier molecular flexibility index (Phi) is 21.0. The van der Waals surface area contributed by atoms with E-state index in [1.807, 2.05) is 11.4 Å². The summed E-state index contributed by atoms with van der Waals surface area (Å²) >= 11 is 0. The number of carboxylic acids is 6. The largest absolute Gasteiger partial charge is 0.481 e. The Hall–Kier alpha value is -8.42. The molecule has 0 bridgehead atoms. The molecule has 1 heterocycles. The zero-order chi connectivity index (χ0) is 50.5. The van der Waals surface area contributed by atoms with Gasteiger partial charge in [0.2, 0.25) is 17.7 Å². The Labute approximate surface area is 385 Å². The van der Waals surface area contributed by atoms with E-state index in [-0.39, 0.29) is 43.6 Å². The number of hydrogen-bond donors (Lipinski definition) is 14. The summed E-state index contributed by atoms with van der Waals surface area (Å²) < 4.78 is 0. The third-order valence-corrected chi connectivity index (χ3v) is 10.1. The van der Waals surface area contributed by atoms with Gasteiger partial charge in [-0.1, -0.05) is 42.5 Å². The first-order valence-electron chi connectivity index (χ1n) is 20.7. The molecule has 26 heteroatoms. The average Bonchev–Trinajstić information content (AvgIpc) is 3.28. The SMILES string of the molecule is NNc1ccc(C(=O)NC(CCC(=O)O)C(=O)NC(CC(C(=O)O)C(=O)O)C(=O)NC(Cc2ccc3ccccc3c2)C(=O)NCCCCC(NC(=O)NC(CCC(=O)O)C(=O)O)C(=O)O)cn1. The second-order valence-corrected chi connectivity index (χ2v) is 15.1. The van der Waals surface area contributed by atoms with Gasteiger partial charge in [-0.3, -0.25) is 38.4 Å². The van der Waals surface area contributed by atoms with Crippen LogP contribution in [0.2, 0.25) is 0 Å². The number of rotatable bonds is 29. The third kappa shape index (κ3) is 17.9. The minimum absolute atomic E-state index is 0.0484. The number of anilines is 1. The number of nitrogens with two attached hydrogens (primary N) is 1. The van der Waals surface area contributed by atoms with Gasteiger partial charge in [0, 0.05) is 38.4 Å². The lowest BCUT2D eigenvalue weighted by Gasteiger charge is -2.26. The number of urea groups is 1. The number of pyridine rings is 1. The predicted octanol–water partition coefficient (Wildman–Crippen LogP) is -0.772. The van der Waals surface area contributed by atoms with Crippen LogP contribution in [0.5, 0.6) is 0 Å². The summed E-state index contributed by atoms with van der Waals surface area (Å²) in [5, 5.41) is 71.8. The second-order valence-electron chi connectivity index (χ2n) is 15.1. The molecule has 5 unspecified atom stereocenters. The maximum atomic E-state index is 14.1. The zero-order valence-electron chi connectivity index (χ0n) is 36.0. The van der Waals surface area contributed by atoms with Crippen LogP contribution in [-0.2, 0) is 49.6 Å². The lowest BCUT2D eigenvalue weighted by Crippen LogP contribution is -2.58. The number of hydrogen-bond acceptors (Lipinski definition) is 14. The van der Waals surface area contributed by atoms with Crippen molar-refractivity contribution in [2.24, 2.45) is 11.8 Å². The maximum Gasteiger partial charge on any atom is 0.326 e. The summed E-state index contributed by atoms with van der Waals surface area (Å²) in [5.74, 6) is -10.6. The topological polar surface area (TPSA) is 432 Å².